The minimum Gasteiger partial charge on any atom is -0.497 e. The molecule has 148 valence electrons. The first-order chi connectivity index (χ1) is 13.2. The second-order valence-corrected chi connectivity index (χ2v) is 5.64. The zero-order valence-electron chi connectivity index (χ0n) is 16.4. The van der Waals surface area contributed by atoms with Crippen LogP contribution in [-0.4, -0.2) is 32.0 Å². The Hall–Kier alpha value is -2.60. The lowest BCUT2D eigenvalue weighted by molar-refractivity contribution is 0.251. The first kappa shape index (κ1) is 20.7. The third-order valence-corrected chi connectivity index (χ3v) is 3.81. The molecule has 0 aliphatic rings. The number of ether oxygens (including phenoxy) is 5. The maximum Gasteiger partial charge on any atom is 0.203 e. The predicted molar refractivity (Wildman–Crippen MR) is 103 cm³/mol. The topological polar surface area (TPSA) is 66.4 Å². The predicted octanol–water partition coefficient (Wildman–Crippen LogP) is 3.96. The highest BCUT2D eigenvalue weighted by molar-refractivity contribution is 5.54. The Morgan fingerprint density at radius 3 is 1.93 bits per heavy atom. The fraction of sp³-hybridized carbons (Fsp3) is 0.429. The van der Waals surface area contributed by atoms with Crippen LogP contribution in [0.1, 0.15) is 31.9 Å². The van der Waals surface area contributed by atoms with Gasteiger partial charge < -0.3 is 28.8 Å². The van der Waals surface area contributed by atoms with Gasteiger partial charge in [-0.3, -0.25) is 0 Å². The Morgan fingerprint density at radius 1 is 0.778 bits per heavy atom. The van der Waals surface area contributed by atoms with E-state index >= 15 is 0 Å². The zero-order chi connectivity index (χ0) is 19.6. The van der Waals surface area contributed by atoms with Crippen LogP contribution in [0.4, 0.5) is 0 Å². The summed E-state index contributed by atoms with van der Waals surface area (Å²) in [6.07, 6.45) is 0. The van der Waals surface area contributed by atoms with E-state index in [1.54, 1.807) is 25.3 Å². The van der Waals surface area contributed by atoms with Gasteiger partial charge in [-0.05, 0) is 50.6 Å². The van der Waals surface area contributed by atoms with E-state index in [0.717, 1.165) is 5.56 Å². The molecule has 0 aromatic heterocycles. The van der Waals surface area contributed by atoms with Gasteiger partial charge in [-0.15, -0.1) is 0 Å². The van der Waals surface area contributed by atoms with Crippen molar-refractivity contribution in [3.63, 3.8) is 0 Å². The van der Waals surface area contributed by atoms with Crippen molar-refractivity contribution in [2.24, 2.45) is 0 Å². The van der Waals surface area contributed by atoms with Crippen LogP contribution in [-0.2, 0) is 13.2 Å². The Bertz CT molecular complexity index is 702. The van der Waals surface area contributed by atoms with E-state index in [9.17, 15) is 5.11 Å². The highest BCUT2D eigenvalue weighted by Crippen LogP contribution is 2.39. The van der Waals surface area contributed by atoms with Crippen molar-refractivity contribution in [1.29, 1.82) is 0 Å². The van der Waals surface area contributed by atoms with Crippen LogP contribution in [0.15, 0.2) is 30.3 Å². The molecule has 0 aliphatic heterocycles. The van der Waals surface area contributed by atoms with E-state index in [-0.39, 0.29) is 13.2 Å². The number of benzene rings is 2. The first-order valence-corrected chi connectivity index (χ1v) is 9.12. The SMILES string of the molecule is CCOc1cc(COc2cc(OC)ccc2CO)cc(OCC)c1OCC. The van der Waals surface area contributed by atoms with E-state index in [1.165, 1.54) is 0 Å². The summed E-state index contributed by atoms with van der Waals surface area (Å²) in [6.45, 7) is 7.47. The molecule has 0 saturated heterocycles. The molecule has 0 amide bonds. The van der Waals surface area contributed by atoms with E-state index < -0.39 is 0 Å². The van der Waals surface area contributed by atoms with Gasteiger partial charge in [-0.1, -0.05) is 0 Å². The second kappa shape index (κ2) is 10.5. The molecule has 6 nitrogen and oxygen atoms in total. The molecule has 2 rings (SSSR count). The Labute approximate surface area is 160 Å². The zero-order valence-corrected chi connectivity index (χ0v) is 16.4. The molecule has 0 aliphatic carbocycles. The monoisotopic (exact) mass is 376 g/mol. The number of rotatable bonds is 11. The highest BCUT2D eigenvalue weighted by atomic mass is 16.5. The third-order valence-electron chi connectivity index (χ3n) is 3.81. The third kappa shape index (κ3) is 5.44. The van der Waals surface area contributed by atoms with Crippen molar-refractivity contribution < 1.29 is 28.8 Å². The van der Waals surface area contributed by atoms with Gasteiger partial charge in [0.25, 0.3) is 0 Å². The molecular formula is C21H28O6. The van der Waals surface area contributed by atoms with Crippen molar-refractivity contribution in [3.05, 3.63) is 41.5 Å². The highest BCUT2D eigenvalue weighted by Gasteiger charge is 2.16. The van der Waals surface area contributed by atoms with Crippen LogP contribution in [0.25, 0.3) is 0 Å². The van der Waals surface area contributed by atoms with Crippen LogP contribution in [0.2, 0.25) is 0 Å². The summed E-state index contributed by atoms with van der Waals surface area (Å²) in [4.78, 5) is 0. The van der Waals surface area contributed by atoms with Crippen LogP contribution < -0.4 is 23.7 Å². The number of aliphatic hydroxyl groups excluding tert-OH is 1. The van der Waals surface area contributed by atoms with Crippen molar-refractivity contribution in [2.45, 2.75) is 34.0 Å². The molecule has 2 aromatic carbocycles. The Kier molecular flexibility index (Phi) is 8.07. The molecule has 1 N–H and O–H groups in total. The molecule has 27 heavy (non-hydrogen) atoms. The molecule has 0 unspecified atom stereocenters. The van der Waals surface area contributed by atoms with Gasteiger partial charge >= 0.3 is 0 Å². The van der Waals surface area contributed by atoms with Gasteiger partial charge in [0.2, 0.25) is 5.75 Å². The van der Waals surface area contributed by atoms with E-state index in [2.05, 4.69) is 0 Å². The lowest BCUT2D eigenvalue weighted by atomic mass is 10.1. The van der Waals surface area contributed by atoms with Gasteiger partial charge in [-0.2, -0.15) is 0 Å². The molecular weight excluding hydrogens is 348 g/mol. The Balaban J connectivity index is 2.30. The fourth-order valence-electron chi connectivity index (χ4n) is 2.61. The van der Waals surface area contributed by atoms with Crippen molar-refractivity contribution >= 4 is 0 Å². The smallest absolute Gasteiger partial charge is 0.203 e. The normalized spacial score (nSPS) is 10.4. The van der Waals surface area contributed by atoms with E-state index in [4.69, 9.17) is 23.7 Å². The summed E-state index contributed by atoms with van der Waals surface area (Å²) in [7, 11) is 1.59. The summed E-state index contributed by atoms with van der Waals surface area (Å²) < 4.78 is 28.3. The maximum atomic E-state index is 9.53. The minimum atomic E-state index is -0.114. The lowest BCUT2D eigenvalue weighted by Gasteiger charge is -2.18. The average Bonchev–Trinajstić information content (AvgIpc) is 2.69. The number of aliphatic hydroxyl groups is 1. The summed E-state index contributed by atoms with van der Waals surface area (Å²) in [5.74, 6) is 3.08. The maximum absolute atomic E-state index is 9.53. The van der Waals surface area contributed by atoms with Crippen LogP contribution in [0.5, 0.6) is 28.7 Å². The first-order valence-electron chi connectivity index (χ1n) is 9.12. The standard InChI is InChI=1S/C21H28O6/c1-5-24-19-10-15(11-20(25-6-2)21(19)26-7-3)14-27-18-12-17(23-4)9-8-16(18)13-22/h8-12,22H,5-7,13-14H2,1-4H3. The molecule has 0 saturated carbocycles. The van der Waals surface area contributed by atoms with Gasteiger partial charge in [0.15, 0.2) is 11.5 Å². The summed E-state index contributed by atoms with van der Waals surface area (Å²) in [5, 5.41) is 9.53. The molecule has 0 heterocycles. The molecule has 0 fully saturated rings. The fourth-order valence-corrected chi connectivity index (χ4v) is 2.61. The van der Waals surface area contributed by atoms with Crippen LogP contribution in [0, 0.1) is 0 Å². The van der Waals surface area contributed by atoms with Crippen molar-refractivity contribution in [3.8, 4) is 28.7 Å². The number of hydrogen-bond donors (Lipinski definition) is 1. The molecule has 6 heteroatoms. The van der Waals surface area contributed by atoms with Gasteiger partial charge in [0.1, 0.15) is 18.1 Å². The summed E-state index contributed by atoms with van der Waals surface area (Å²) >= 11 is 0. The minimum absolute atomic E-state index is 0.114. The van der Waals surface area contributed by atoms with Crippen LogP contribution in [0.3, 0.4) is 0 Å². The van der Waals surface area contributed by atoms with Gasteiger partial charge in [-0.25, -0.2) is 0 Å². The number of methoxy groups -OCH3 is 1. The molecule has 0 bridgehead atoms. The largest absolute Gasteiger partial charge is 0.497 e. The van der Waals surface area contributed by atoms with Gasteiger partial charge in [0, 0.05) is 11.6 Å². The molecule has 0 radical (unpaired) electrons. The number of hydrogen-bond acceptors (Lipinski definition) is 6. The Morgan fingerprint density at radius 2 is 1.41 bits per heavy atom. The molecule has 0 spiro atoms. The second-order valence-electron chi connectivity index (χ2n) is 5.64. The van der Waals surface area contributed by atoms with Crippen molar-refractivity contribution in [2.75, 3.05) is 26.9 Å². The lowest BCUT2D eigenvalue weighted by Crippen LogP contribution is -2.05. The molecule has 0 atom stereocenters. The summed E-state index contributed by atoms with van der Waals surface area (Å²) in [5.41, 5.74) is 1.56. The van der Waals surface area contributed by atoms with E-state index in [0.29, 0.717) is 54.1 Å². The summed E-state index contributed by atoms with van der Waals surface area (Å²) in [6, 6.07) is 9.10. The quantitative estimate of drug-likeness (QED) is 0.640. The van der Waals surface area contributed by atoms with Crippen LogP contribution >= 0.6 is 0 Å². The van der Waals surface area contributed by atoms with E-state index in [1.807, 2.05) is 32.9 Å². The van der Waals surface area contributed by atoms with Gasteiger partial charge in [0.05, 0.1) is 33.5 Å². The molecule has 2 aromatic rings. The van der Waals surface area contributed by atoms with Crippen molar-refractivity contribution in [1.82, 2.24) is 0 Å². The average molecular weight is 376 g/mol.